The number of rotatable bonds is 6. The molecule has 0 bridgehead atoms. The van der Waals surface area contributed by atoms with Gasteiger partial charge in [0.05, 0.1) is 0 Å². The highest BCUT2D eigenvalue weighted by molar-refractivity contribution is 6.25. The van der Waals surface area contributed by atoms with Crippen molar-refractivity contribution < 1.29 is 19.2 Å². The molecule has 0 aromatic heterocycles. The molecule has 0 fully saturated rings. The van der Waals surface area contributed by atoms with Crippen LogP contribution < -0.4 is 10.6 Å². The maximum Gasteiger partial charge on any atom is 0.255 e. The summed E-state index contributed by atoms with van der Waals surface area (Å²) in [5.41, 5.74) is 2.06. The lowest BCUT2D eigenvalue weighted by atomic mass is 10.1. The van der Waals surface area contributed by atoms with E-state index in [1.165, 1.54) is 6.92 Å². The molecule has 0 spiro atoms. The van der Waals surface area contributed by atoms with E-state index in [0.717, 1.165) is 0 Å². The van der Waals surface area contributed by atoms with Crippen molar-refractivity contribution in [2.45, 2.75) is 13.3 Å². The molecule has 2 amide bonds. The van der Waals surface area contributed by atoms with Gasteiger partial charge >= 0.3 is 0 Å². The fourth-order valence-corrected chi connectivity index (χ4v) is 2.15. The third-order valence-corrected chi connectivity index (χ3v) is 3.14. The van der Waals surface area contributed by atoms with Crippen LogP contribution >= 0.6 is 0 Å². The van der Waals surface area contributed by atoms with E-state index in [4.69, 9.17) is 0 Å². The zero-order valence-corrected chi connectivity index (χ0v) is 13.0. The molecule has 2 N–H and O–H groups in total. The smallest absolute Gasteiger partial charge is 0.255 e. The molecule has 0 unspecified atom stereocenters. The van der Waals surface area contributed by atoms with Gasteiger partial charge in [0.15, 0.2) is 12.1 Å². The molecule has 0 saturated heterocycles. The average Bonchev–Trinajstić information content (AvgIpc) is 2.54. The lowest BCUT2D eigenvalue weighted by Crippen LogP contribution is -2.13. The van der Waals surface area contributed by atoms with Gasteiger partial charge in [0, 0.05) is 30.3 Å². The Morgan fingerprint density at radius 2 is 1.62 bits per heavy atom. The first-order valence-electron chi connectivity index (χ1n) is 7.24. The Morgan fingerprint density at radius 3 is 2.29 bits per heavy atom. The van der Waals surface area contributed by atoms with Crippen LogP contribution in [0, 0.1) is 0 Å². The van der Waals surface area contributed by atoms with Gasteiger partial charge in [-0.25, -0.2) is 0 Å². The molecule has 0 radical (unpaired) electrons. The quantitative estimate of drug-likeness (QED) is 0.629. The predicted octanol–water partition coefficient (Wildman–Crippen LogP) is 2.21. The highest BCUT2D eigenvalue weighted by atomic mass is 16.2. The first-order valence-corrected chi connectivity index (χ1v) is 7.24. The molecule has 0 saturated carbocycles. The molecule has 24 heavy (non-hydrogen) atoms. The second kappa shape index (κ2) is 7.82. The fraction of sp³-hybridized carbons (Fsp3) is 0.111. The molecule has 0 aliphatic rings. The van der Waals surface area contributed by atoms with Crippen molar-refractivity contribution >= 4 is 35.3 Å². The second-order valence-corrected chi connectivity index (χ2v) is 5.18. The Morgan fingerprint density at radius 1 is 0.958 bits per heavy atom. The summed E-state index contributed by atoms with van der Waals surface area (Å²) in [4.78, 5) is 45.0. The molecule has 0 heterocycles. The van der Waals surface area contributed by atoms with E-state index >= 15 is 0 Å². The highest BCUT2D eigenvalue weighted by Crippen LogP contribution is 2.15. The van der Waals surface area contributed by atoms with Gasteiger partial charge < -0.3 is 10.6 Å². The van der Waals surface area contributed by atoms with E-state index in [0.29, 0.717) is 22.5 Å². The van der Waals surface area contributed by atoms with Gasteiger partial charge in [-0.05, 0) is 35.9 Å². The van der Waals surface area contributed by atoms with Crippen LogP contribution in [0.4, 0.5) is 11.4 Å². The van der Waals surface area contributed by atoms with Crippen molar-refractivity contribution in [3.05, 3.63) is 59.7 Å². The number of aldehydes is 1. The summed E-state index contributed by atoms with van der Waals surface area (Å²) in [6.07, 6.45) is 0.268. The Bertz CT molecular complexity index is 799. The van der Waals surface area contributed by atoms with Crippen LogP contribution in [0.3, 0.4) is 0 Å². The summed E-state index contributed by atoms with van der Waals surface area (Å²) >= 11 is 0. The van der Waals surface area contributed by atoms with Crippen LogP contribution in [0.25, 0.3) is 0 Å². The number of hydrogen-bond acceptors (Lipinski definition) is 4. The van der Waals surface area contributed by atoms with E-state index in [1.807, 2.05) is 0 Å². The van der Waals surface area contributed by atoms with Crippen molar-refractivity contribution in [2.75, 3.05) is 10.6 Å². The summed E-state index contributed by atoms with van der Waals surface area (Å²) in [5.74, 6) is -1.09. The molecule has 122 valence electrons. The van der Waals surface area contributed by atoms with Gasteiger partial charge in [-0.3, -0.25) is 19.2 Å². The molecule has 2 rings (SSSR count). The number of anilines is 2. The van der Waals surface area contributed by atoms with E-state index in [-0.39, 0.29) is 24.5 Å². The van der Waals surface area contributed by atoms with Gasteiger partial charge in [0.2, 0.25) is 5.91 Å². The number of hydrogen-bond donors (Lipinski definition) is 2. The van der Waals surface area contributed by atoms with Crippen LogP contribution in [-0.2, 0) is 20.8 Å². The molecule has 0 aliphatic heterocycles. The number of benzene rings is 2. The Kier molecular flexibility index (Phi) is 5.57. The van der Waals surface area contributed by atoms with Gasteiger partial charge in [-0.2, -0.15) is 0 Å². The van der Waals surface area contributed by atoms with Gasteiger partial charge in [0.1, 0.15) is 0 Å². The minimum atomic E-state index is -0.526. The summed E-state index contributed by atoms with van der Waals surface area (Å²) < 4.78 is 0. The minimum Gasteiger partial charge on any atom is -0.326 e. The predicted molar refractivity (Wildman–Crippen MR) is 89.9 cm³/mol. The lowest BCUT2D eigenvalue weighted by Gasteiger charge is -2.08. The second-order valence-electron chi connectivity index (χ2n) is 5.18. The Hall–Kier alpha value is -3.28. The van der Waals surface area contributed by atoms with Crippen molar-refractivity contribution in [3.8, 4) is 0 Å². The summed E-state index contributed by atoms with van der Waals surface area (Å²) in [7, 11) is 0. The number of Topliss-reactive ketones (excluding diaryl/α,β-unsaturated/α-hetero) is 1. The molecular weight excluding hydrogens is 308 g/mol. The van der Waals surface area contributed by atoms with E-state index in [2.05, 4.69) is 10.6 Å². The van der Waals surface area contributed by atoms with Crippen LogP contribution in [0.1, 0.15) is 22.8 Å². The Labute approximate surface area is 138 Å². The number of carbonyl (C=O) groups is 4. The number of ketones is 1. The number of amides is 2. The zero-order chi connectivity index (χ0) is 17.5. The largest absolute Gasteiger partial charge is 0.326 e. The molecular formula is C18H16N2O4. The fourth-order valence-electron chi connectivity index (χ4n) is 2.15. The first kappa shape index (κ1) is 17.1. The third-order valence-electron chi connectivity index (χ3n) is 3.14. The normalized spacial score (nSPS) is 9.88. The summed E-state index contributed by atoms with van der Waals surface area (Å²) in [6, 6.07) is 13.3. The standard InChI is InChI=1S/C18H16N2O4/c1-12(22)19-16-7-3-5-14(10-16)18(24)20-15-6-2-4-13(8-15)9-17(23)11-21/h2-8,10-11H,9H2,1H3,(H,19,22)(H,20,24). The number of nitrogens with one attached hydrogen (secondary N) is 2. The van der Waals surface area contributed by atoms with Crippen molar-refractivity contribution in [1.29, 1.82) is 0 Å². The summed E-state index contributed by atoms with van der Waals surface area (Å²) in [6.45, 7) is 1.39. The van der Waals surface area contributed by atoms with Crippen molar-refractivity contribution in [1.82, 2.24) is 0 Å². The highest BCUT2D eigenvalue weighted by Gasteiger charge is 2.09. The van der Waals surface area contributed by atoms with Crippen LogP contribution in [-0.4, -0.2) is 23.9 Å². The van der Waals surface area contributed by atoms with Gasteiger partial charge in [0.25, 0.3) is 5.91 Å². The Balaban J connectivity index is 2.12. The molecule has 6 heteroatoms. The molecule has 6 nitrogen and oxygen atoms in total. The topological polar surface area (TPSA) is 92.3 Å². The van der Waals surface area contributed by atoms with Gasteiger partial charge in [-0.1, -0.05) is 18.2 Å². The lowest BCUT2D eigenvalue weighted by molar-refractivity contribution is -0.129. The SMILES string of the molecule is CC(=O)Nc1cccc(C(=O)Nc2cccc(CC(=O)C=O)c2)c1. The van der Waals surface area contributed by atoms with E-state index in [1.54, 1.807) is 48.5 Å². The minimum absolute atomic E-state index is 0.00870. The van der Waals surface area contributed by atoms with E-state index < -0.39 is 5.78 Å². The molecule has 0 atom stereocenters. The van der Waals surface area contributed by atoms with Gasteiger partial charge in [-0.15, -0.1) is 0 Å². The van der Waals surface area contributed by atoms with E-state index in [9.17, 15) is 19.2 Å². The monoisotopic (exact) mass is 324 g/mol. The first-order chi connectivity index (χ1) is 11.5. The van der Waals surface area contributed by atoms with Crippen molar-refractivity contribution in [2.24, 2.45) is 0 Å². The molecule has 0 aliphatic carbocycles. The molecule has 2 aromatic carbocycles. The van der Waals surface area contributed by atoms with Crippen LogP contribution in [0.2, 0.25) is 0 Å². The van der Waals surface area contributed by atoms with Crippen LogP contribution in [0.5, 0.6) is 0 Å². The zero-order valence-electron chi connectivity index (χ0n) is 13.0. The maximum absolute atomic E-state index is 12.3. The van der Waals surface area contributed by atoms with Crippen LogP contribution in [0.15, 0.2) is 48.5 Å². The van der Waals surface area contributed by atoms with Crippen molar-refractivity contribution in [3.63, 3.8) is 0 Å². The number of carbonyl (C=O) groups excluding carboxylic acids is 4. The third kappa shape index (κ3) is 4.88. The molecule has 2 aromatic rings. The average molecular weight is 324 g/mol. The maximum atomic E-state index is 12.3. The summed E-state index contributed by atoms with van der Waals surface area (Å²) in [5, 5.41) is 5.33.